The number of amides is 1. The molecule has 1 amide bonds. The predicted octanol–water partition coefficient (Wildman–Crippen LogP) is 3.91. The predicted molar refractivity (Wildman–Crippen MR) is 96.5 cm³/mol. The Bertz CT molecular complexity index is 733. The third kappa shape index (κ3) is 5.79. The maximum Gasteiger partial charge on any atom is 0.267 e. The van der Waals surface area contributed by atoms with Crippen molar-refractivity contribution >= 4 is 23.2 Å². The summed E-state index contributed by atoms with van der Waals surface area (Å²) in [5, 5.41) is 15.4. The molecule has 0 saturated carbocycles. The van der Waals surface area contributed by atoms with Gasteiger partial charge in [0.2, 0.25) is 0 Å². The van der Waals surface area contributed by atoms with Crippen molar-refractivity contribution in [2.75, 3.05) is 11.9 Å². The Morgan fingerprint density at radius 3 is 2.50 bits per heavy atom. The molecule has 0 spiro atoms. The molecule has 0 aliphatic rings. The number of hydrogen-bond donors (Lipinski definition) is 2. The first kappa shape index (κ1) is 17.6. The quantitative estimate of drug-likeness (QED) is 0.456. The molecule has 0 radical (unpaired) electrons. The standard InChI is InChI=1S/C19H18ClN3O/c20-17-8-10-18(11-9-17)23-19(24)16(13-21)14-22-12-4-7-15-5-2-1-3-6-15/h1-3,5-6,8-11,14,22H,4,7,12H2,(H,23,24)/b16-14-. The number of nitrogens with zero attached hydrogens (tertiary/aromatic N) is 1. The Kier molecular flexibility index (Phi) is 6.88. The van der Waals surface area contributed by atoms with Gasteiger partial charge in [0.1, 0.15) is 11.6 Å². The molecule has 0 fully saturated rings. The number of nitriles is 1. The first-order valence-electron chi connectivity index (χ1n) is 7.63. The molecule has 4 nitrogen and oxygen atoms in total. The minimum absolute atomic E-state index is 0.0321. The lowest BCUT2D eigenvalue weighted by Crippen LogP contribution is -2.17. The molecular formula is C19H18ClN3O. The van der Waals surface area contributed by atoms with E-state index in [0.717, 1.165) is 12.8 Å². The van der Waals surface area contributed by atoms with E-state index < -0.39 is 5.91 Å². The average molecular weight is 340 g/mol. The fourth-order valence-corrected chi connectivity index (χ4v) is 2.22. The summed E-state index contributed by atoms with van der Waals surface area (Å²) in [6, 6.07) is 18.8. The fourth-order valence-electron chi connectivity index (χ4n) is 2.09. The molecule has 0 atom stereocenters. The van der Waals surface area contributed by atoms with E-state index in [9.17, 15) is 4.79 Å². The van der Waals surface area contributed by atoms with Gasteiger partial charge in [0.25, 0.3) is 5.91 Å². The Morgan fingerprint density at radius 1 is 1.12 bits per heavy atom. The highest BCUT2D eigenvalue weighted by Crippen LogP contribution is 2.14. The molecule has 0 saturated heterocycles. The van der Waals surface area contributed by atoms with Crippen LogP contribution in [-0.4, -0.2) is 12.5 Å². The summed E-state index contributed by atoms with van der Waals surface area (Å²) in [6.07, 6.45) is 3.31. The van der Waals surface area contributed by atoms with Crippen molar-refractivity contribution < 1.29 is 4.79 Å². The highest BCUT2D eigenvalue weighted by Gasteiger charge is 2.08. The van der Waals surface area contributed by atoms with Gasteiger partial charge in [0.15, 0.2) is 0 Å². The summed E-state index contributed by atoms with van der Waals surface area (Å²) < 4.78 is 0. The van der Waals surface area contributed by atoms with Gasteiger partial charge in [0.05, 0.1) is 0 Å². The summed E-state index contributed by atoms with van der Waals surface area (Å²) in [4.78, 5) is 12.0. The average Bonchev–Trinajstić information content (AvgIpc) is 2.61. The normalized spacial score (nSPS) is 10.8. The van der Waals surface area contributed by atoms with E-state index in [1.165, 1.54) is 11.8 Å². The molecule has 24 heavy (non-hydrogen) atoms. The second kappa shape index (κ2) is 9.39. The molecule has 0 aliphatic heterocycles. The van der Waals surface area contributed by atoms with Crippen LogP contribution in [0.4, 0.5) is 5.69 Å². The number of aryl methyl sites for hydroxylation is 1. The Balaban J connectivity index is 1.79. The van der Waals surface area contributed by atoms with E-state index in [2.05, 4.69) is 22.8 Å². The zero-order chi connectivity index (χ0) is 17.2. The number of carbonyl (C=O) groups is 1. The number of nitrogens with one attached hydrogen (secondary N) is 2. The Labute approximate surface area is 146 Å². The van der Waals surface area contributed by atoms with Crippen molar-refractivity contribution in [1.29, 1.82) is 5.26 Å². The molecule has 0 heterocycles. The molecule has 2 aromatic carbocycles. The third-order valence-electron chi connectivity index (χ3n) is 3.34. The zero-order valence-electron chi connectivity index (χ0n) is 13.1. The van der Waals surface area contributed by atoms with Crippen LogP contribution in [0.5, 0.6) is 0 Å². The van der Waals surface area contributed by atoms with E-state index in [-0.39, 0.29) is 5.57 Å². The van der Waals surface area contributed by atoms with Crippen LogP contribution in [0.1, 0.15) is 12.0 Å². The van der Waals surface area contributed by atoms with Gasteiger partial charge in [-0.1, -0.05) is 41.9 Å². The molecule has 0 aromatic heterocycles. The monoisotopic (exact) mass is 339 g/mol. The highest BCUT2D eigenvalue weighted by molar-refractivity contribution is 6.30. The van der Waals surface area contributed by atoms with Gasteiger partial charge in [-0.15, -0.1) is 0 Å². The van der Waals surface area contributed by atoms with E-state index in [1.807, 2.05) is 24.3 Å². The van der Waals surface area contributed by atoms with Crippen molar-refractivity contribution in [3.8, 4) is 6.07 Å². The SMILES string of the molecule is N#C/C(=C/NCCCc1ccccc1)C(=O)Nc1ccc(Cl)cc1. The molecule has 0 bridgehead atoms. The fraction of sp³-hybridized carbons (Fsp3) is 0.158. The molecule has 2 N–H and O–H groups in total. The van der Waals surface area contributed by atoms with E-state index in [1.54, 1.807) is 24.3 Å². The largest absolute Gasteiger partial charge is 0.390 e. The van der Waals surface area contributed by atoms with Crippen molar-refractivity contribution in [1.82, 2.24) is 5.32 Å². The van der Waals surface area contributed by atoms with Crippen LogP contribution in [0.25, 0.3) is 0 Å². The van der Waals surface area contributed by atoms with Gasteiger partial charge in [-0.3, -0.25) is 4.79 Å². The van der Waals surface area contributed by atoms with Crippen LogP contribution in [0.3, 0.4) is 0 Å². The summed E-state index contributed by atoms with van der Waals surface area (Å²) in [5.74, 6) is -0.449. The molecule has 0 unspecified atom stereocenters. The lowest BCUT2D eigenvalue weighted by molar-refractivity contribution is -0.112. The molecule has 0 aliphatic carbocycles. The van der Waals surface area contributed by atoms with Gasteiger partial charge in [-0.05, 0) is 42.7 Å². The van der Waals surface area contributed by atoms with Gasteiger partial charge in [-0.25, -0.2) is 0 Å². The van der Waals surface area contributed by atoms with Crippen LogP contribution >= 0.6 is 11.6 Å². The van der Waals surface area contributed by atoms with Crippen LogP contribution in [0.15, 0.2) is 66.4 Å². The molecule has 2 rings (SSSR count). The van der Waals surface area contributed by atoms with Gasteiger partial charge < -0.3 is 10.6 Å². The van der Waals surface area contributed by atoms with E-state index in [4.69, 9.17) is 16.9 Å². The lowest BCUT2D eigenvalue weighted by Gasteiger charge is -2.05. The summed E-state index contributed by atoms with van der Waals surface area (Å²) >= 11 is 5.79. The highest BCUT2D eigenvalue weighted by atomic mass is 35.5. The maximum atomic E-state index is 12.0. The topological polar surface area (TPSA) is 64.9 Å². The second-order valence-corrected chi connectivity index (χ2v) is 5.61. The molecular weight excluding hydrogens is 322 g/mol. The number of hydrogen-bond acceptors (Lipinski definition) is 3. The van der Waals surface area contributed by atoms with Crippen molar-refractivity contribution in [3.05, 3.63) is 77.0 Å². The first-order chi connectivity index (χ1) is 11.7. The van der Waals surface area contributed by atoms with Crippen LogP contribution in [0.2, 0.25) is 5.02 Å². The number of halogens is 1. The smallest absolute Gasteiger partial charge is 0.267 e. The van der Waals surface area contributed by atoms with Crippen LogP contribution in [-0.2, 0) is 11.2 Å². The molecule has 2 aromatic rings. The van der Waals surface area contributed by atoms with Crippen molar-refractivity contribution in [2.24, 2.45) is 0 Å². The van der Waals surface area contributed by atoms with Crippen LogP contribution < -0.4 is 10.6 Å². The Morgan fingerprint density at radius 2 is 1.83 bits per heavy atom. The Hall–Kier alpha value is -2.77. The third-order valence-corrected chi connectivity index (χ3v) is 3.59. The van der Waals surface area contributed by atoms with Crippen molar-refractivity contribution in [2.45, 2.75) is 12.8 Å². The maximum absolute atomic E-state index is 12.0. The lowest BCUT2D eigenvalue weighted by atomic mass is 10.1. The minimum Gasteiger partial charge on any atom is -0.390 e. The number of rotatable bonds is 7. The number of benzene rings is 2. The number of anilines is 1. The second-order valence-electron chi connectivity index (χ2n) is 5.17. The van der Waals surface area contributed by atoms with E-state index in [0.29, 0.717) is 17.3 Å². The van der Waals surface area contributed by atoms with Gasteiger partial charge in [0, 0.05) is 23.5 Å². The van der Waals surface area contributed by atoms with Crippen LogP contribution in [0, 0.1) is 11.3 Å². The summed E-state index contributed by atoms with van der Waals surface area (Å²) in [7, 11) is 0. The molecule has 5 heteroatoms. The van der Waals surface area contributed by atoms with Gasteiger partial charge in [-0.2, -0.15) is 5.26 Å². The number of carbonyl (C=O) groups excluding carboxylic acids is 1. The zero-order valence-corrected chi connectivity index (χ0v) is 13.9. The first-order valence-corrected chi connectivity index (χ1v) is 8.01. The van der Waals surface area contributed by atoms with Crippen molar-refractivity contribution in [3.63, 3.8) is 0 Å². The minimum atomic E-state index is -0.449. The molecule has 122 valence electrons. The van der Waals surface area contributed by atoms with Gasteiger partial charge >= 0.3 is 0 Å². The van der Waals surface area contributed by atoms with E-state index >= 15 is 0 Å². The summed E-state index contributed by atoms with van der Waals surface area (Å²) in [6.45, 7) is 0.689. The summed E-state index contributed by atoms with van der Waals surface area (Å²) in [5.41, 5.74) is 1.89.